The highest BCUT2D eigenvalue weighted by Crippen LogP contribution is 2.13. The second-order valence-corrected chi connectivity index (χ2v) is 3.29. The fourth-order valence-electron chi connectivity index (χ4n) is 1.08. The van der Waals surface area contributed by atoms with Crippen molar-refractivity contribution in [3.8, 4) is 0 Å². The van der Waals surface area contributed by atoms with E-state index in [9.17, 15) is 9.59 Å². The molecule has 86 valence electrons. The standard InChI is InChI=1S/C10H12N2O4/c1-12(2)8-5-6(9(13)14)4-7(11-8)10(15)16-3/h4-5H,1-3H3,(H,13,14). The highest BCUT2D eigenvalue weighted by atomic mass is 16.5. The van der Waals surface area contributed by atoms with Crippen LogP contribution in [-0.2, 0) is 4.74 Å². The van der Waals surface area contributed by atoms with Gasteiger partial charge in [-0.25, -0.2) is 14.6 Å². The van der Waals surface area contributed by atoms with Crippen LogP contribution >= 0.6 is 0 Å². The van der Waals surface area contributed by atoms with Gasteiger partial charge in [0.25, 0.3) is 0 Å². The summed E-state index contributed by atoms with van der Waals surface area (Å²) in [5, 5.41) is 8.87. The number of aromatic nitrogens is 1. The molecule has 0 radical (unpaired) electrons. The van der Waals surface area contributed by atoms with E-state index in [4.69, 9.17) is 5.11 Å². The third kappa shape index (κ3) is 2.47. The van der Waals surface area contributed by atoms with Crippen LogP contribution in [0, 0.1) is 0 Å². The van der Waals surface area contributed by atoms with E-state index in [0.717, 1.165) is 0 Å². The van der Waals surface area contributed by atoms with Crippen molar-refractivity contribution in [1.29, 1.82) is 0 Å². The van der Waals surface area contributed by atoms with Gasteiger partial charge in [0, 0.05) is 14.1 Å². The first kappa shape index (κ1) is 12.0. The first-order valence-electron chi connectivity index (χ1n) is 4.46. The topological polar surface area (TPSA) is 79.7 Å². The summed E-state index contributed by atoms with van der Waals surface area (Å²) in [7, 11) is 4.62. The van der Waals surface area contributed by atoms with Crippen molar-refractivity contribution in [3.63, 3.8) is 0 Å². The number of anilines is 1. The van der Waals surface area contributed by atoms with Gasteiger partial charge < -0.3 is 14.7 Å². The zero-order chi connectivity index (χ0) is 12.3. The van der Waals surface area contributed by atoms with E-state index in [1.54, 1.807) is 19.0 Å². The quantitative estimate of drug-likeness (QED) is 0.758. The van der Waals surface area contributed by atoms with Crippen molar-refractivity contribution in [3.05, 3.63) is 23.4 Å². The Bertz CT molecular complexity index is 429. The van der Waals surface area contributed by atoms with E-state index in [0.29, 0.717) is 5.82 Å². The molecule has 0 aliphatic heterocycles. The number of ether oxygens (including phenoxy) is 1. The summed E-state index contributed by atoms with van der Waals surface area (Å²) in [5.74, 6) is -1.39. The van der Waals surface area contributed by atoms with Crippen molar-refractivity contribution < 1.29 is 19.4 Å². The Kier molecular flexibility index (Phi) is 3.44. The van der Waals surface area contributed by atoms with Crippen molar-refractivity contribution in [2.75, 3.05) is 26.1 Å². The van der Waals surface area contributed by atoms with Crippen LogP contribution in [0.3, 0.4) is 0 Å². The molecule has 6 nitrogen and oxygen atoms in total. The van der Waals surface area contributed by atoms with Crippen LogP contribution in [0.4, 0.5) is 5.82 Å². The second-order valence-electron chi connectivity index (χ2n) is 3.29. The fraction of sp³-hybridized carbons (Fsp3) is 0.300. The summed E-state index contributed by atoms with van der Waals surface area (Å²) in [6.07, 6.45) is 0. The van der Waals surface area contributed by atoms with Crippen LogP contribution in [-0.4, -0.2) is 43.2 Å². The Labute approximate surface area is 92.5 Å². The minimum absolute atomic E-state index is 0.000833. The normalized spacial score (nSPS) is 9.69. The number of pyridine rings is 1. The highest BCUT2D eigenvalue weighted by molar-refractivity contribution is 5.94. The molecule has 0 amide bonds. The molecular formula is C10H12N2O4. The molecule has 0 aliphatic rings. The fourth-order valence-corrected chi connectivity index (χ4v) is 1.08. The summed E-state index contributed by atoms with van der Waals surface area (Å²) in [4.78, 5) is 27.7. The largest absolute Gasteiger partial charge is 0.478 e. The van der Waals surface area contributed by atoms with Gasteiger partial charge in [-0.15, -0.1) is 0 Å². The number of carboxylic acid groups (broad SMARTS) is 1. The zero-order valence-electron chi connectivity index (χ0n) is 9.22. The Morgan fingerprint density at radius 2 is 2.00 bits per heavy atom. The lowest BCUT2D eigenvalue weighted by Crippen LogP contribution is -2.15. The number of aromatic carboxylic acids is 1. The Morgan fingerprint density at radius 3 is 2.44 bits per heavy atom. The molecule has 1 aromatic heterocycles. The van der Waals surface area contributed by atoms with Crippen LogP contribution in [0.15, 0.2) is 12.1 Å². The highest BCUT2D eigenvalue weighted by Gasteiger charge is 2.14. The van der Waals surface area contributed by atoms with E-state index in [1.165, 1.54) is 19.2 Å². The molecule has 0 saturated carbocycles. The number of hydrogen-bond acceptors (Lipinski definition) is 5. The number of hydrogen-bond donors (Lipinski definition) is 1. The first-order valence-corrected chi connectivity index (χ1v) is 4.46. The molecule has 1 rings (SSSR count). The van der Waals surface area contributed by atoms with E-state index >= 15 is 0 Å². The van der Waals surface area contributed by atoms with Gasteiger partial charge in [0.2, 0.25) is 0 Å². The number of carbonyl (C=O) groups excluding carboxylic acids is 1. The molecule has 16 heavy (non-hydrogen) atoms. The predicted octanol–water partition coefficient (Wildman–Crippen LogP) is 0.632. The Balaban J connectivity index is 3.29. The molecule has 0 atom stereocenters. The smallest absolute Gasteiger partial charge is 0.356 e. The van der Waals surface area contributed by atoms with Gasteiger partial charge in [-0.2, -0.15) is 0 Å². The molecule has 1 aromatic rings. The summed E-state index contributed by atoms with van der Waals surface area (Å²) in [6, 6.07) is 2.57. The van der Waals surface area contributed by atoms with E-state index in [1.807, 2.05) is 0 Å². The van der Waals surface area contributed by atoms with Gasteiger partial charge >= 0.3 is 11.9 Å². The van der Waals surface area contributed by atoms with Crippen LogP contribution in [0.25, 0.3) is 0 Å². The van der Waals surface area contributed by atoms with Crippen LogP contribution in [0.5, 0.6) is 0 Å². The summed E-state index contributed by atoms with van der Waals surface area (Å²) in [5.41, 5.74) is -0.0230. The number of methoxy groups -OCH3 is 1. The van der Waals surface area contributed by atoms with Gasteiger partial charge in [0.05, 0.1) is 12.7 Å². The Morgan fingerprint density at radius 1 is 1.38 bits per heavy atom. The maximum absolute atomic E-state index is 11.3. The number of carboxylic acids is 1. The predicted molar refractivity (Wildman–Crippen MR) is 56.9 cm³/mol. The van der Waals surface area contributed by atoms with Gasteiger partial charge in [-0.1, -0.05) is 0 Å². The van der Waals surface area contributed by atoms with Crippen molar-refractivity contribution in [2.24, 2.45) is 0 Å². The molecule has 6 heteroatoms. The number of nitrogens with zero attached hydrogens (tertiary/aromatic N) is 2. The molecule has 0 bridgehead atoms. The van der Waals surface area contributed by atoms with Crippen LogP contribution < -0.4 is 4.90 Å². The summed E-state index contributed by atoms with van der Waals surface area (Å²) >= 11 is 0. The third-order valence-electron chi connectivity index (χ3n) is 1.91. The minimum Gasteiger partial charge on any atom is -0.478 e. The number of carbonyl (C=O) groups is 2. The Hall–Kier alpha value is -2.11. The lowest BCUT2D eigenvalue weighted by molar-refractivity contribution is 0.0594. The van der Waals surface area contributed by atoms with Crippen LogP contribution in [0.2, 0.25) is 0 Å². The molecule has 0 spiro atoms. The molecule has 0 saturated heterocycles. The van der Waals surface area contributed by atoms with Crippen LogP contribution in [0.1, 0.15) is 20.8 Å². The van der Waals surface area contributed by atoms with Gasteiger partial charge in [-0.3, -0.25) is 0 Å². The lowest BCUT2D eigenvalue weighted by atomic mass is 10.2. The van der Waals surface area contributed by atoms with Crippen molar-refractivity contribution >= 4 is 17.8 Å². The van der Waals surface area contributed by atoms with E-state index in [-0.39, 0.29) is 11.3 Å². The molecular weight excluding hydrogens is 212 g/mol. The number of rotatable bonds is 3. The molecule has 0 aromatic carbocycles. The van der Waals surface area contributed by atoms with E-state index in [2.05, 4.69) is 9.72 Å². The van der Waals surface area contributed by atoms with E-state index < -0.39 is 11.9 Å². The zero-order valence-corrected chi connectivity index (χ0v) is 9.22. The second kappa shape index (κ2) is 4.61. The molecule has 0 aliphatic carbocycles. The molecule has 1 N–H and O–H groups in total. The molecule has 0 fully saturated rings. The average molecular weight is 224 g/mol. The number of esters is 1. The van der Waals surface area contributed by atoms with Gasteiger partial charge in [0.15, 0.2) is 5.69 Å². The first-order chi connectivity index (χ1) is 7.45. The van der Waals surface area contributed by atoms with Crippen molar-refractivity contribution in [1.82, 2.24) is 4.98 Å². The third-order valence-corrected chi connectivity index (χ3v) is 1.91. The summed E-state index contributed by atoms with van der Waals surface area (Å²) < 4.78 is 4.49. The summed E-state index contributed by atoms with van der Waals surface area (Å²) in [6.45, 7) is 0. The van der Waals surface area contributed by atoms with Gasteiger partial charge in [0.1, 0.15) is 5.82 Å². The lowest BCUT2D eigenvalue weighted by Gasteiger charge is -2.12. The SMILES string of the molecule is COC(=O)c1cc(C(=O)O)cc(N(C)C)n1. The monoisotopic (exact) mass is 224 g/mol. The average Bonchev–Trinajstić information content (AvgIpc) is 2.27. The molecule has 0 unspecified atom stereocenters. The maximum Gasteiger partial charge on any atom is 0.356 e. The van der Waals surface area contributed by atoms with Gasteiger partial charge in [-0.05, 0) is 12.1 Å². The van der Waals surface area contributed by atoms with Crippen molar-refractivity contribution in [2.45, 2.75) is 0 Å². The minimum atomic E-state index is -1.12. The molecule has 1 heterocycles. The maximum atomic E-state index is 11.3.